The molecule has 0 saturated carbocycles. The summed E-state index contributed by atoms with van der Waals surface area (Å²) in [7, 11) is 3.08. The van der Waals surface area contributed by atoms with E-state index < -0.39 is 5.97 Å². The van der Waals surface area contributed by atoms with Crippen LogP contribution in [0.2, 0.25) is 0 Å². The lowest BCUT2D eigenvalue weighted by molar-refractivity contribution is 0.0214. The smallest absolute Gasteiger partial charge is 0.340 e. The van der Waals surface area contributed by atoms with Crippen molar-refractivity contribution < 1.29 is 23.7 Å². The van der Waals surface area contributed by atoms with Crippen molar-refractivity contribution in [1.29, 1.82) is 0 Å². The summed E-state index contributed by atoms with van der Waals surface area (Å²) in [6.45, 7) is 1.46. The molecule has 0 aliphatic carbocycles. The Morgan fingerprint density at radius 2 is 1.89 bits per heavy atom. The molecule has 6 heteroatoms. The molecule has 6 nitrogen and oxygen atoms in total. The third-order valence-electron chi connectivity index (χ3n) is 2.40. The number of esters is 1. The summed E-state index contributed by atoms with van der Waals surface area (Å²) in [6.07, 6.45) is 0. The van der Waals surface area contributed by atoms with E-state index in [4.69, 9.17) is 24.7 Å². The number of nitrogen functional groups attached to an aromatic ring is 1. The van der Waals surface area contributed by atoms with E-state index in [1.54, 1.807) is 25.3 Å². The van der Waals surface area contributed by atoms with E-state index in [9.17, 15) is 4.79 Å². The van der Waals surface area contributed by atoms with Gasteiger partial charge in [0.2, 0.25) is 0 Å². The fourth-order valence-corrected chi connectivity index (χ4v) is 1.42. The van der Waals surface area contributed by atoms with E-state index in [1.807, 2.05) is 0 Å². The molecule has 19 heavy (non-hydrogen) atoms. The van der Waals surface area contributed by atoms with Crippen LogP contribution in [-0.2, 0) is 14.2 Å². The van der Waals surface area contributed by atoms with Crippen LogP contribution in [0.3, 0.4) is 0 Å². The Morgan fingerprint density at radius 3 is 2.58 bits per heavy atom. The Kier molecular flexibility index (Phi) is 6.70. The van der Waals surface area contributed by atoms with E-state index in [-0.39, 0.29) is 17.9 Å². The van der Waals surface area contributed by atoms with Crippen molar-refractivity contribution in [3.05, 3.63) is 23.8 Å². The van der Waals surface area contributed by atoms with Crippen LogP contribution in [0.4, 0.5) is 5.69 Å². The molecule has 0 fully saturated rings. The largest absolute Gasteiger partial charge is 0.495 e. The molecule has 0 aliphatic heterocycles. The normalized spacial score (nSPS) is 10.2. The minimum absolute atomic E-state index is 0.166. The molecular weight excluding hydrogens is 250 g/mol. The van der Waals surface area contributed by atoms with Crippen molar-refractivity contribution >= 4 is 11.7 Å². The lowest BCUT2D eigenvalue weighted by Crippen LogP contribution is -2.14. The van der Waals surface area contributed by atoms with Crippen LogP contribution in [0.1, 0.15) is 10.4 Å². The summed E-state index contributed by atoms with van der Waals surface area (Å²) in [5, 5.41) is 0. The second-order valence-corrected chi connectivity index (χ2v) is 3.66. The number of benzene rings is 1. The zero-order valence-electron chi connectivity index (χ0n) is 11.2. The minimum Gasteiger partial charge on any atom is -0.495 e. The number of carbonyl (C=O) groups is 1. The van der Waals surface area contributed by atoms with Gasteiger partial charge >= 0.3 is 5.97 Å². The number of carbonyl (C=O) groups excluding carboxylic acids is 1. The SMILES string of the molecule is COCCOCCOC(=O)c1cccc(OC)c1N. The fraction of sp³-hybridized carbons (Fsp3) is 0.462. The predicted molar refractivity (Wildman–Crippen MR) is 70.4 cm³/mol. The van der Waals surface area contributed by atoms with Gasteiger partial charge in [0.15, 0.2) is 0 Å². The van der Waals surface area contributed by atoms with Crippen LogP contribution in [-0.4, -0.2) is 46.6 Å². The topological polar surface area (TPSA) is 80.0 Å². The molecule has 1 aromatic carbocycles. The second-order valence-electron chi connectivity index (χ2n) is 3.66. The minimum atomic E-state index is -0.494. The lowest BCUT2D eigenvalue weighted by Gasteiger charge is -2.10. The maximum absolute atomic E-state index is 11.8. The van der Waals surface area contributed by atoms with E-state index in [0.717, 1.165) is 0 Å². The Balaban J connectivity index is 2.41. The average Bonchev–Trinajstić information content (AvgIpc) is 2.42. The highest BCUT2D eigenvalue weighted by atomic mass is 16.6. The molecule has 0 aliphatic rings. The van der Waals surface area contributed by atoms with Crippen molar-refractivity contribution in [1.82, 2.24) is 0 Å². The first kappa shape index (κ1) is 15.3. The van der Waals surface area contributed by atoms with Gasteiger partial charge in [-0.1, -0.05) is 6.07 Å². The summed E-state index contributed by atoms with van der Waals surface area (Å²) < 4.78 is 20.1. The van der Waals surface area contributed by atoms with Gasteiger partial charge < -0.3 is 24.7 Å². The summed E-state index contributed by atoms with van der Waals surface area (Å²) >= 11 is 0. The van der Waals surface area contributed by atoms with Crippen molar-refractivity contribution in [2.45, 2.75) is 0 Å². The number of hydrogen-bond acceptors (Lipinski definition) is 6. The number of nitrogens with two attached hydrogens (primary N) is 1. The van der Waals surface area contributed by atoms with Crippen molar-refractivity contribution in [3.8, 4) is 5.75 Å². The molecule has 0 heterocycles. The van der Waals surface area contributed by atoms with Gasteiger partial charge in [-0.3, -0.25) is 0 Å². The molecule has 0 radical (unpaired) electrons. The van der Waals surface area contributed by atoms with Gasteiger partial charge in [0, 0.05) is 7.11 Å². The summed E-state index contributed by atoms with van der Waals surface area (Å²) in [6, 6.07) is 4.95. The van der Waals surface area contributed by atoms with Gasteiger partial charge in [-0.05, 0) is 12.1 Å². The number of ether oxygens (including phenoxy) is 4. The summed E-state index contributed by atoms with van der Waals surface area (Å²) in [4.78, 5) is 11.8. The molecule has 0 spiro atoms. The molecule has 0 aromatic heterocycles. The molecule has 0 amide bonds. The molecule has 0 unspecified atom stereocenters. The zero-order chi connectivity index (χ0) is 14.1. The Bertz CT molecular complexity index is 408. The monoisotopic (exact) mass is 269 g/mol. The van der Waals surface area contributed by atoms with E-state index in [1.165, 1.54) is 7.11 Å². The van der Waals surface area contributed by atoms with E-state index in [0.29, 0.717) is 25.6 Å². The number of methoxy groups -OCH3 is 2. The van der Waals surface area contributed by atoms with Gasteiger partial charge in [0.25, 0.3) is 0 Å². The first-order valence-electron chi connectivity index (χ1n) is 5.87. The molecular formula is C13H19NO5. The second kappa shape index (κ2) is 8.34. The third-order valence-corrected chi connectivity index (χ3v) is 2.40. The van der Waals surface area contributed by atoms with Crippen LogP contribution >= 0.6 is 0 Å². The standard InChI is InChI=1S/C13H19NO5/c1-16-6-7-18-8-9-19-13(15)10-4-3-5-11(17-2)12(10)14/h3-5H,6-9,14H2,1-2H3. The lowest BCUT2D eigenvalue weighted by atomic mass is 10.1. The maximum Gasteiger partial charge on any atom is 0.340 e. The Hall–Kier alpha value is -1.79. The highest BCUT2D eigenvalue weighted by Gasteiger charge is 2.13. The molecule has 0 bridgehead atoms. The quantitative estimate of drug-likeness (QED) is 0.432. The van der Waals surface area contributed by atoms with Gasteiger partial charge in [0.05, 0.1) is 38.2 Å². The molecule has 1 rings (SSSR count). The number of hydrogen-bond donors (Lipinski definition) is 1. The van der Waals surface area contributed by atoms with Gasteiger partial charge in [-0.25, -0.2) is 4.79 Å². The van der Waals surface area contributed by atoms with Crippen LogP contribution in [0, 0.1) is 0 Å². The Labute approximate surface area is 112 Å². The number of anilines is 1. The summed E-state index contributed by atoms with van der Waals surface area (Å²) in [5.41, 5.74) is 6.35. The van der Waals surface area contributed by atoms with Gasteiger partial charge in [0.1, 0.15) is 12.4 Å². The number of rotatable bonds is 8. The predicted octanol–water partition coefficient (Wildman–Crippen LogP) is 1.10. The van der Waals surface area contributed by atoms with Gasteiger partial charge in [-0.2, -0.15) is 0 Å². The zero-order valence-corrected chi connectivity index (χ0v) is 11.2. The van der Waals surface area contributed by atoms with Crippen LogP contribution in [0.15, 0.2) is 18.2 Å². The summed E-state index contributed by atoms with van der Waals surface area (Å²) in [5.74, 6) is -0.0439. The van der Waals surface area contributed by atoms with Crippen molar-refractivity contribution in [2.24, 2.45) is 0 Å². The molecule has 0 saturated heterocycles. The van der Waals surface area contributed by atoms with Crippen molar-refractivity contribution in [2.75, 3.05) is 46.4 Å². The molecule has 1 aromatic rings. The molecule has 106 valence electrons. The van der Waals surface area contributed by atoms with Crippen LogP contribution in [0.25, 0.3) is 0 Å². The van der Waals surface area contributed by atoms with Crippen LogP contribution < -0.4 is 10.5 Å². The first-order valence-corrected chi connectivity index (χ1v) is 5.87. The molecule has 0 atom stereocenters. The van der Waals surface area contributed by atoms with Crippen molar-refractivity contribution in [3.63, 3.8) is 0 Å². The first-order chi connectivity index (χ1) is 9.20. The number of para-hydroxylation sites is 1. The highest BCUT2D eigenvalue weighted by Crippen LogP contribution is 2.25. The van der Waals surface area contributed by atoms with Gasteiger partial charge in [-0.15, -0.1) is 0 Å². The highest BCUT2D eigenvalue weighted by molar-refractivity contribution is 5.96. The maximum atomic E-state index is 11.8. The Morgan fingerprint density at radius 1 is 1.16 bits per heavy atom. The van der Waals surface area contributed by atoms with Crippen LogP contribution in [0.5, 0.6) is 5.75 Å². The van der Waals surface area contributed by atoms with E-state index in [2.05, 4.69) is 0 Å². The average molecular weight is 269 g/mol. The third kappa shape index (κ3) is 4.76. The van der Waals surface area contributed by atoms with E-state index >= 15 is 0 Å². The fourth-order valence-electron chi connectivity index (χ4n) is 1.42. The molecule has 2 N–H and O–H groups in total.